The van der Waals surface area contributed by atoms with Crippen molar-refractivity contribution in [2.24, 2.45) is 0 Å². The Kier molecular flexibility index (Phi) is 4.42. The lowest BCUT2D eigenvalue weighted by atomic mass is 10.1. The number of nitrogens with one attached hydrogen (secondary N) is 1. The van der Waals surface area contributed by atoms with Crippen molar-refractivity contribution < 1.29 is 18.7 Å². The van der Waals surface area contributed by atoms with E-state index in [1.807, 2.05) is 38.1 Å². The molecule has 0 radical (unpaired) electrons. The molecule has 0 bridgehead atoms. The first-order valence-electron chi connectivity index (χ1n) is 7.73. The molecule has 0 unspecified atom stereocenters. The van der Waals surface area contributed by atoms with Crippen LogP contribution in [0.5, 0.6) is 11.5 Å². The van der Waals surface area contributed by atoms with Gasteiger partial charge in [-0.3, -0.25) is 4.79 Å². The molecule has 5 heteroatoms. The van der Waals surface area contributed by atoms with Gasteiger partial charge < -0.3 is 19.2 Å². The van der Waals surface area contributed by atoms with Gasteiger partial charge >= 0.3 is 0 Å². The van der Waals surface area contributed by atoms with Gasteiger partial charge in [-0.15, -0.1) is 0 Å². The molecule has 3 aromatic rings. The number of carbonyl (C=O) groups excluding carboxylic acids is 1. The zero-order chi connectivity index (χ0) is 17.1. The van der Waals surface area contributed by atoms with Crippen molar-refractivity contribution in [2.75, 3.05) is 19.0 Å². The Morgan fingerprint density at radius 1 is 1.17 bits per heavy atom. The molecule has 24 heavy (non-hydrogen) atoms. The van der Waals surface area contributed by atoms with Gasteiger partial charge in [-0.05, 0) is 38.1 Å². The van der Waals surface area contributed by atoms with Crippen LogP contribution < -0.4 is 14.8 Å². The molecular formula is C19H19NO4. The summed E-state index contributed by atoms with van der Waals surface area (Å²) in [6, 6.07) is 12.8. The first-order chi connectivity index (χ1) is 11.6. The maximum atomic E-state index is 12.5. The van der Waals surface area contributed by atoms with E-state index in [0.29, 0.717) is 29.4 Å². The molecule has 0 atom stereocenters. The Balaban J connectivity index is 1.90. The maximum absolute atomic E-state index is 12.5. The summed E-state index contributed by atoms with van der Waals surface area (Å²) >= 11 is 0. The quantitative estimate of drug-likeness (QED) is 0.755. The van der Waals surface area contributed by atoms with E-state index in [9.17, 15) is 4.79 Å². The molecule has 1 N–H and O–H groups in total. The highest BCUT2D eigenvalue weighted by Crippen LogP contribution is 2.29. The molecule has 5 nitrogen and oxygen atoms in total. The smallest absolute Gasteiger partial charge is 0.291 e. The minimum absolute atomic E-state index is 0.293. The standard InChI is InChI=1S/C19H19NO4/c1-4-23-15-8-9-16-12(2)18(24-17(16)11-15)19(21)20-13-6-5-7-14(10-13)22-3/h5-11H,4H2,1-3H3,(H,20,21). The van der Waals surface area contributed by atoms with Crippen molar-refractivity contribution in [2.45, 2.75) is 13.8 Å². The SMILES string of the molecule is CCOc1ccc2c(C)c(C(=O)Nc3cccc(OC)c3)oc2c1. The molecule has 3 rings (SSSR count). The number of anilines is 1. The Bertz CT molecular complexity index is 882. The van der Waals surface area contributed by atoms with Gasteiger partial charge in [0.2, 0.25) is 0 Å². The molecule has 0 saturated carbocycles. The molecular weight excluding hydrogens is 306 g/mol. The molecule has 0 fully saturated rings. The molecule has 0 saturated heterocycles. The first-order valence-corrected chi connectivity index (χ1v) is 7.73. The van der Waals surface area contributed by atoms with E-state index < -0.39 is 0 Å². The third kappa shape index (κ3) is 3.06. The van der Waals surface area contributed by atoms with Crippen LogP contribution in [-0.2, 0) is 0 Å². The fourth-order valence-electron chi connectivity index (χ4n) is 2.57. The van der Waals surface area contributed by atoms with Crippen molar-refractivity contribution in [1.82, 2.24) is 0 Å². The number of aryl methyl sites for hydroxylation is 1. The average molecular weight is 325 g/mol. The lowest BCUT2D eigenvalue weighted by Crippen LogP contribution is -2.12. The van der Waals surface area contributed by atoms with Gasteiger partial charge in [-0.1, -0.05) is 6.07 Å². The van der Waals surface area contributed by atoms with E-state index in [-0.39, 0.29) is 5.91 Å². The van der Waals surface area contributed by atoms with Gasteiger partial charge in [-0.2, -0.15) is 0 Å². The second-order valence-electron chi connectivity index (χ2n) is 5.33. The minimum Gasteiger partial charge on any atom is -0.497 e. The van der Waals surface area contributed by atoms with Crippen molar-refractivity contribution >= 4 is 22.6 Å². The predicted molar refractivity (Wildman–Crippen MR) is 93.1 cm³/mol. The van der Waals surface area contributed by atoms with E-state index in [4.69, 9.17) is 13.9 Å². The van der Waals surface area contributed by atoms with Crippen molar-refractivity contribution in [3.05, 3.63) is 53.8 Å². The summed E-state index contributed by atoms with van der Waals surface area (Å²) in [7, 11) is 1.58. The monoisotopic (exact) mass is 325 g/mol. The molecule has 1 aromatic heterocycles. The van der Waals surface area contributed by atoms with Crippen LogP contribution in [-0.4, -0.2) is 19.6 Å². The van der Waals surface area contributed by atoms with Gasteiger partial charge in [-0.25, -0.2) is 0 Å². The Morgan fingerprint density at radius 2 is 2.00 bits per heavy atom. The van der Waals surface area contributed by atoms with E-state index >= 15 is 0 Å². The van der Waals surface area contributed by atoms with E-state index in [1.165, 1.54) is 0 Å². The van der Waals surface area contributed by atoms with Crippen LogP contribution in [0, 0.1) is 6.92 Å². The molecule has 2 aromatic carbocycles. The highest BCUT2D eigenvalue weighted by Gasteiger charge is 2.18. The van der Waals surface area contributed by atoms with Crippen LogP contribution in [0.25, 0.3) is 11.0 Å². The summed E-state index contributed by atoms with van der Waals surface area (Å²) in [5, 5.41) is 3.73. The van der Waals surface area contributed by atoms with E-state index in [0.717, 1.165) is 16.7 Å². The summed E-state index contributed by atoms with van der Waals surface area (Å²) in [5.41, 5.74) is 2.08. The van der Waals surface area contributed by atoms with Crippen molar-refractivity contribution in [1.29, 1.82) is 0 Å². The summed E-state index contributed by atoms with van der Waals surface area (Å²) in [6.45, 7) is 4.37. The van der Waals surface area contributed by atoms with Crippen molar-refractivity contribution in [3.63, 3.8) is 0 Å². The Hall–Kier alpha value is -2.95. The predicted octanol–water partition coefficient (Wildman–Crippen LogP) is 4.40. The number of rotatable bonds is 5. The van der Waals surface area contributed by atoms with Crippen LogP contribution in [0.2, 0.25) is 0 Å². The van der Waals surface area contributed by atoms with Gasteiger partial charge in [0.15, 0.2) is 5.76 Å². The van der Waals surface area contributed by atoms with Crippen LogP contribution in [0.15, 0.2) is 46.9 Å². The van der Waals surface area contributed by atoms with E-state index in [2.05, 4.69) is 5.32 Å². The highest BCUT2D eigenvalue weighted by molar-refractivity contribution is 6.06. The number of amides is 1. The second kappa shape index (κ2) is 6.66. The third-order valence-corrected chi connectivity index (χ3v) is 3.75. The van der Waals surface area contributed by atoms with Crippen LogP contribution >= 0.6 is 0 Å². The zero-order valence-electron chi connectivity index (χ0n) is 13.9. The molecule has 0 aliphatic heterocycles. The number of hydrogen-bond donors (Lipinski definition) is 1. The zero-order valence-corrected chi connectivity index (χ0v) is 13.9. The van der Waals surface area contributed by atoms with Crippen LogP contribution in [0.4, 0.5) is 5.69 Å². The summed E-state index contributed by atoms with van der Waals surface area (Å²) in [6.07, 6.45) is 0. The molecule has 0 aliphatic carbocycles. The number of fused-ring (bicyclic) bond motifs is 1. The maximum Gasteiger partial charge on any atom is 0.291 e. The second-order valence-corrected chi connectivity index (χ2v) is 5.33. The fourth-order valence-corrected chi connectivity index (χ4v) is 2.57. The Morgan fingerprint density at radius 3 is 2.75 bits per heavy atom. The van der Waals surface area contributed by atoms with E-state index in [1.54, 1.807) is 25.3 Å². The van der Waals surface area contributed by atoms with Crippen molar-refractivity contribution in [3.8, 4) is 11.5 Å². The number of furan rings is 1. The third-order valence-electron chi connectivity index (χ3n) is 3.75. The first kappa shape index (κ1) is 15.9. The highest BCUT2D eigenvalue weighted by atomic mass is 16.5. The number of benzene rings is 2. The molecule has 1 amide bonds. The number of hydrogen-bond acceptors (Lipinski definition) is 4. The number of ether oxygens (including phenoxy) is 2. The normalized spacial score (nSPS) is 10.6. The van der Waals surface area contributed by atoms with Gasteiger partial charge in [0.25, 0.3) is 5.91 Å². The minimum atomic E-state index is -0.296. The molecule has 0 spiro atoms. The number of carbonyl (C=O) groups is 1. The lowest BCUT2D eigenvalue weighted by molar-refractivity contribution is 0.0998. The van der Waals surface area contributed by atoms with Gasteiger partial charge in [0.05, 0.1) is 13.7 Å². The van der Waals surface area contributed by atoms with Gasteiger partial charge in [0.1, 0.15) is 17.1 Å². The molecule has 0 aliphatic rings. The number of methoxy groups -OCH3 is 1. The Labute approximate surface area is 140 Å². The molecule has 1 heterocycles. The van der Waals surface area contributed by atoms with Gasteiger partial charge in [0, 0.05) is 28.8 Å². The van der Waals surface area contributed by atoms with Crippen LogP contribution in [0.1, 0.15) is 23.0 Å². The summed E-state index contributed by atoms with van der Waals surface area (Å²) in [5.74, 6) is 1.39. The van der Waals surface area contributed by atoms with Crippen LogP contribution in [0.3, 0.4) is 0 Å². The average Bonchev–Trinajstić information content (AvgIpc) is 2.92. The lowest BCUT2D eigenvalue weighted by Gasteiger charge is -2.05. The summed E-state index contributed by atoms with van der Waals surface area (Å²) < 4.78 is 16.4. The summed E-state index contributed by atoms with van der Waals surface area (Å²) in [4.78, 5) is 12.5. The largest absolute Gasteiger partial charge is 0.497 e. The fraction of sp³-hybridized carbons (Fsp3) is 0.211. The topological polar surface area (TPSA) is 60.7 Å². The molecule has 124 valence electrons.